The molecule has 0 atom stereocenters. The van der Waals surface area contributed by atoms with E-state index in [4.69, 9.17) is 27.9 Å². The van der Waals surface area contributed by atoms with Crippen molar-refractivity contribution in [2.24, 2.45) is 0 Å². The van der Waals surface area contributed by atoms with Crippen LogP contribution in [0.15, 0.2) is 18.2 Å². The summed E-state index contributed by atoms with van der Waals surface area (Å²) in [6, 6.07) is 5.46. The number of halogens is 3. The number of ether oxygens (including phenoxy) is 1. The van der Waals surface area contributed by atoms with Gasteiger partial charge in [0.25, 0.3) is 0 Å². The van der Waals surface area contributed by atoms with Gasteiger partial charge in [0.1, 0.15) is 5.75 Å². The molecule has 0 saturated carbocycles. The Balaban J connectivity index is 2.62. The Hall–Kier alpha value is -1.39. The third kappa shape index (κ3) is 2.40. The molecule has 2 rings (SSSR count). The van der Waals surface area contributed by atoms with E-state index in [1.165, 1.54) is 7.11 Å². The first-order valence-electron chi connectivity index (χ1n) is 5.06. The number of rotatable bonds is 2. The Labute approximate surface area is 114 Å². The maximum absolute atomic E-state index is 13.3. The molecular formula is C12H9Cl2FN2O. The highest BCUT2D eigenvalue weighted by atomic mass is 35.5. The van der Waals surface area contributed by atoms with E-state index in [1.807, 2.05) is 19.1 Å². The van der Waals surface area contributed by atoms with Crippen molar-refractivity contribution in [1.82, 2.24) is 9.97 Å². The van der Waals surface area contributed by atoms with Crippen LogP contribution in [0.4, 0.5) is 4.39 Å². The predicted molar refractivity (Wildman–Crippen MR) is 68.7 cm³/mol. The summed E-state index contributed by atoms with van der Waals surface area (Å²) in [5.74, 6) is -0.0230. The average Bonchev–Trinajstić information content (AvgIpc) is 2.35. The summed E-state index contributed by atoms with van der Waals surface area (Å²) < 4.78 is 18.5. The molecule has 6 heteroatoms. The molecule has 1 aromatic carbocycles. The van der Waals surface area contributed by atoms with Crippen molar-refractivity contribution in [3.05, 3.63) is 39.9 Å². The second kappa shape index (κ2) is 5.08. The zero-order valence-electron chi connectivity index (χ0n) is 9.67. The topological polar surface area (TPSA) is 35.0 Å². The third-order valence-corrected chi connectivity index (χ3v) is 2.87. The van der Waals surface area contributed by atoms with Gasteiger partial charge in [-0.1, -0.05) is 29.3 Å². The first kappa shape index (κ1) is 13.1. The van der Waals surface area contributed by atoms with Crippen LogP contribution in [0.1, 0.15) is 5.56 Å². The quantitative estimate of drug-likeness (QED) is 0.785. The number of aryl methyl sites for hydroxylation is 1. The van der Waals surface area contributed by atoms with Crippen LogP contribution in [0.2, 0.25) is 10.3 Å². The third-order valence-electron chi connectivity index (χ3n) is 2.37. The number of aromatic nitrogens is 2. The van der Waals surface area contributed by atoms with Gasteiger partial charge in [-0.25, -0.2) is 14.4 Å². The maximum Gasteiger partial charge on any atom is 0.197 e. The van der Waals surface area contributed by atoms with E-state index < -0.39 is 5.82 Å². The van der Waals surface area contributed by atoms with Crippen LogP contribution in [0, 0.1) is 12.7 Å². The van der Waals surface area contributed by atoms with Crippen LogP contribution in [0.3, 0.4) is 0 Å². The molecule has 0 unspecified atom stereocenters. The van der Waals surface area contributed by atoms with Crippen molar-refractivity contribution in [2.45, 2.75) is 6.92 Å². The first-order valence-corrected chi connectivity index (χ1v) is 5.82. The molecule has 94 valence electrons. The van der Waals surface area contributed by atoms with E-state index in [1.54, 1.807) is 6.07 Å². The van der Waals surface area contributed by atoms with Crippen LogP contribution < -0.4 is 4.74 Å². The Morgan fingerprint density at radius 1 is 1.17 bits per heavy atom. The summed E-state index contributed by atoms with van der Waals surface area (Å²) in [5, 5.41) is -0.625. The minimum Gasteiger partial charge on any atom is -0.496 e. The first-order chi connectivity index (χ1) is 8.52. The second-order valence-corrected chi connectivity index (χ2v) is 4.36. The van der Waals surface area contributed by atoms with Crippen molar-refractivity contribution in [3.8, 4) is 17.1 Å². The molecule has 0 N–H and O–H groups in total. The molecule has 0 bridgehead atoms. The Bertz CT molecular complexity index is 582. The van der Waals surface area contributed by atoms with Gasteiger partial charge >= 0.3 is 0 Å². The number of benzene rings is 1. The monoisotopic (exact) mass is 286 g/mol. The molecule has 0 aliphatic heterocycles. The normalized spacial score (nSPS) is 10.5. The Morgan fingerprint density at radius 3 is 2.33 bits per heavy atom. The van der Waals surface area contributed by atoms with Crippen molar-refractivity contribution in [3.63, 3.8) is 0 Å². The van der Waals surface area contributed by atoms with E-state index in [-0.39, 0.29) is 16.1 Å². The van der Waals surface area contributed by atoms with E-state index in [2.05, 4.69) is 9.97 Å². The van der Waals surface area contributed by atoms with Gasteiger partial charge in [-0.3, -0.25) is 0 Å². The lowest BCUT2D eigenvalue weighted by molar-refractivity contribution is 0.416. The highest BCUT2D eigenvalue weighted by Crippen LogP contribution is 2.31. The van der Waals surface area contributed by atoms with Gasteiger partial charge in [-0.2, -0.15) is 0 Å². The van der Waals surface area contributed by atoms with Crippen LogP contribution in [0.5, 0.6) is 5.75 Å². The smallest absolute Gasteiger partial charge is 0.197 e. The summed E-state index contributed by atoms with van der Waals surface area (Å²) >= 11 is 11.3. The maximum atomic E-state index is 13.3. The average molecular weight is 287 g/mol. The van der Waals surface area contributed by atoms with E-state index >= 15 is 0 Å². The second-order valence-electron chi connectivity index (χ2n) is 3.65. The summed E-state index contributed by atoms with van der Waals surface area (Å²) in [4.78, 5) is 7.71. The van der Waals surface area contributed by atoms with Crippen LogP contribution in [-0.2, 0) is 0 Å². The van der Waals surface area contributed by atoms with Crippen LogP contribution in [-0.4, -0.2) is 17.1 Å². The van der Waals surface area contributed by atoms with Crippen LogP contribution >= 0.6 is 23.2 Å². The predicted octanol–water partition coefficient (Wildman–Crippen LogP) is 3.91. The van der Waals surface area contributed by atoms with Crippen molar-refractivity contribution in [2.75, 3.05) is 7.11 Å². The van der Waals surface area contributed by atoms with Crippen molar-refractivity contribution >= 4 is 23.2 Å². The fraction of sp³-hybridized carbons (Fsp3) is 0.167. The summed E-state index contributed by atoms with van der Waals surface area (Å²) in [6.45, 7) is 1.93. The van der Waals surface area contributed by atoms with E-state index in [9.17, 15) is 4.39 Å². The lowest BCUT2D eigenvalue weighted by Gasteiger charge is -2.09. The highest BCUT2D eigenvalue weighted by Gasteiger charge is 2.15. The molecule has 0 saturated heterocycles. The molecule has 1 heterocycles. The van der Waals surface area contributed by atoms with Gasteiger partial charge in [0.05, 0.1) is 12.7 Å². The molecule has 0 fully saturated rings. The Morgan fingerprint density at radius 2 is 1.78 bits per heavy atom. The van der Waals surface area contributed by atoms with Gasteiger partial charge in [0.15, 0.2) is 21.9 Å². The molecule has 0 amide bonds. The minimum atomic E-state index is -0.826. The number of nitrogens with zero attached hydrogens (tertiary/aromatic N) is 2. The fourth-order valence-corrected chi connectivity index (χ4v) is 1.89. The lowest BCUT2D eigenvalue weighted by Crippen LogP contribution is -1.97. The molecule has 2 aromatic rings. The molecular weight excluding hydrogens is 278 g/mol. The number of hydrogen-bond acceptors (Lipinski definition) is 3. The van der Waals surface area contributed by atoms with Gasteiger partial charge in [0.2, 0.25) is 0 Å². The zero-order chi connectivity index (χ0) is 13.3. The molecule has 0 aliphatic rings. The summed E-state index contributed by atoms with van der Waals surface area (Å²) in [7, 11) is 1.53. The van der Waals surface area contributed by atoms with Gasteiger partial charge in [0, 0.05) is 0 Å². The number of hydrogen-bond donors (Lipinski definition) is 0. The summed E-state index contributed by atoms with van der Waals surface area (Å²) in [6.07, 6.45) is 0. The zero-order valence-corrected chi connectivity index (χ0v) is 11.2. The lowest BCUT2D eigenvalue weighted by atomic mass is 10.1. The molecule has 0 radical (unpaired) electrons. The SMILES string of the molecule is COc1cc(C)ccc1-c1nc(Cl)c(F)c(Cl)n1. The van der Waals surface area contributed by atoms with Gasteiger partial charge in [-0.15, -0.1) is 0 Å². The molecule has 3 nitrogen and oxygen atoms in total. The standard InChI is InChI=1S/C12H9Cl2FN2O/c1-6-3-4-7(8(5-6)18-2)12-16-10(13)9(15)11(14)17-12/h3-5H,1-2H3. The van der Waals surface area contributed by atoms with Gasteiger partial charge < -0.3 is 4.74 Å². The Kier molecular flexibility index (Phi) is 3.68. The van der Waals surface area contributed by atoms with Crippen molar-refractivity contribution < 1.29 is 9.13 Å². The van der Waals surface area contributed by atoms with Gasteiger partial charge in [-0.05, 0) is 24.6 Å². The molecule has 1 aromatic heterocycles. The number of methoxy groups -OCH3 is 1. The molecule has 0 spiro atoms. The van der Waals surface area contributed by atoms with E-state index in [0.717, 1.165) is 5.56 Å². The van der Waals surface area contributed by atoms with Crippen LogP contribution in [0.25, 0.3) is 11.4 Å². The molecule has 18 heavy (non-hydrogen) atoms. The molecule has 0 aliphatic carbocycles. The largest absolute Gasteiger partial charge is 0.496 e. The minimum absolute atomic E-state index is 0.225. The highest BCUT2D eigenvalue weighted by molar-refractivity contribution is 6.33. The van der Waals surface area contributed by atoms with E-state index in [0.29, 0.717) is 11.3 Å². The van der Waals surface area contributed by atoms with Crippen molar-refractivity contribution in [1.29, 1.82) is 0 Å². The summed E-state index contributed by atoms with van der Waals surface area (Å²) in [5.41, 5.74) is 1.63. The fourth-order valence-electron chi connectivity index (χ4n) is 1.50.